The predicted molar refractivity (Wildman–Crippen MR) is 115 cm³/mol. The molecule has 3 heterocycles. The van der Waals surface area contributed by atoms with Crippen LogP contribution in [-0.2, 0) is 17.0 Å². The minimum absolute atomic E-state index is 0.0724. The van der Waals surface area contributed by atoms with Gasteiger partial charge in [0, 0.05) is 31.2 Å². The number of aliphatic imine (C=N–C) groups is 1. The van der Waals surface area contributed by atoms with Crippen LogP contribution in [0, 0.1) is 0 Å². The molecule has 1 aromatic carbocycles. The standard InChI is InChI=1S/C23H21FN6O2/c1-30-21(31)23(29-22(30)25,15-4-5-27-17(10-15)12-24)16-8-14(20-13-26-6-7-28-20)9-19(11-16)32-18-2-3-18/h4-11,13,18H,2-3,12H2,1H3,(H2,25,29). The molecule has 1 aliphatic carbocycles. The molecule has 162 valence electrons. The van der Waals surface area contributed by atoms with Gasteiger partial charge in [-0.25, -0.2) is 9.38 Å². The van der Waals surface area contributed by atoms with Crippen LogP contribution in [0.3, 0.4) is 0 Å². The third-order valence-corrected chi connectivity index (χ3v) is 5.62. The van der Waals surface area contributed by atoms with Crippen molar-refractivity contribution in [3.8, 4) is 17.0 Å². The van der Waals surface area contributed by atoms with E-state index in [1.807, 2.05) is 12.1 Å². The van der Waals surface area contributed by atoms with Gasteiger partial charge in [-0.1, -0.05) is 0 Å². The molecule has 1 unspecified atom stereocenters. The van der Waals surface area contributed by atoms with Crippen LogP contribution in [0.2, 0.25) is 0 Å². The van der Waals surface area contributed by atoms with Crippen LogP contribution in [0.5, 0.6) is 5.75 Å². The zero-order valence-corrected chi connectivity index (χ0v) is 17.4. The van der Waals surface area contributed by atoms with Crippen LogP contribution >= 0.6 is 0 Å². The van der Waals surface area contributed by atoms with Crippen LogP contribution in [-0.4, -0.2) is 44.9 Å². The van der Waals surface area contributed by atoms with E-state index in [9.17, 15) is 9.18 Å². The van der Waals surface area contributed by atoms with Gasteiger partial charge >= 0.3 is 0 Å². The number of amides is 1. The Kier molecular flexibility index (Phi) is 4.80. The maximum Gasteiger partial charge on any atom is 0.266 e. The van der Waals surface area contributed by atoms with E-state index in [-0.39, 0.29) is 23.7 Å². The third-order valence-electron chi connectivity index (χ3n) is 5.62. The highest BCUT2D eigenvalue weighted by molar-refractivity contribution is 6.09. The molecule has 1 aliphatic heterocycles. The molecule has 2 aliphatic rings. The van der Waals surface area contributed by atoms with Crippen molar-refractivity contribution in [3.63, 3.8) is 0 Å². The van der Waals surface area contributed by atoms with Crippen LogP contribution in [0.4, 0.5) is 4.39 Å². The van der Waals surface area contributed by atoms with Gasteiger partial charge < -0.3 is 10.5 Å². The van der Waals surface area contributed by atoms with E-state index < -0.39 is 12.2 Å². The summed E-state index contributed by atoms with van der Waals surface area (Å²) in [5.41, 5.74) is 7.16. The van der Waals surface area contributed by atoms with Crippen LogP contribution < -0.4 is 10.5 Å². The van der Waals surface area contributed by atoms with Crippen molar-refractivity contribution < 1.29 is 13.9 Å². The first kappa shape index (κ1) is 20.0. The summed E-state index contributed by atoms with van der Waals surface area (Å²) < 4.78 is 19.5. The highest BCUT2D eigenvalue weighted by atomic mass is 19.1. The number of carbonyl (C=O) groups is 1. The zero-order valence-electron chi connectivity index (χ0n) is 17.4. The van der Waals surface area contributed by atoms with Crippen LogP contribution in [0.15, 0.2) is 60.1 Å². The molecule has 9 heteroatoms. The van der Waals surface area contributed by atoms with Gasteiger partial charge in [0.2, 0.25) is 0 Å². The van der Waals surface area contributed by atoms with Crippen molar-refractivity contribution in [2.75, 3.05) is 7.05 Å². The summed E-state index contributed by atoms with van der Waals surface area (Å²) in [6.07, 6.45) is 8.40. The smallest absolute Gasteiger partial charge is 0.266 e. The Hall–Kier alpha value is -3.88. The molecule has 3 aromatic rings. The van der Waals surface area contributed by atoms with E-state index in [0.717, 1.165) is 18.4 Å². The number of aromatic nitrogens is 3. The largest absolute Gasteiger partial charge is 0.490 e. The summed E-state index contributed by atoms with van der Waals surface area (Å²) in [6, 6.07) is 8.69. The second kappa shape index (κ2) is 7.67. The van der Waals surface area contributed by atoms with Gasteiger partial charge in [0.25, 0.3) is 5.91 Å². The summed E-state index contributed by atoms with van der Waals surface area (Å²) in [4.78, 5) is 32.0. The average Bonchev–Trinajstić information content (AvgIpc) is 3.62. The van der Waals surface area contributed by atoms with Crippen molar-refractivity contribution in [3.05, 3.63) is 71.9 Å². The van der Waals surface area contributed by atoms with E-state index in [4.69, 9.17) is 10.5 Å². The molecule has 1 atom stereocenters. The summed E-state index contributed by atoms with van der Waals surface area (Å²) in [5, 5.41) is 0. The molecule has 32 heavy (non-hydrogen) atoms. The molecular weight excluding hydrogens is 411 g/mol. The van der Waals surface area contributed by atoms with Crippen molar-refractivity contribution in [1.29, 1.82) is 0 Å². The second-order valence-electron chi connectivity index (χ2n) is 7.87. The van der Waals surface area contributed by atoms with Crippen LogP contribution in [0.25, 0.3) is 11.3 Å². The molecule has 0 bridgehead atoms. The molecule has 8 nitrogen and oxygen atoms in total. The second-order valence-corrected chi connectivity index (χ2v) is 7.87. The Morgan fingerprint density at radius 3 is 2.66 bits per heavy atom. The number of hydrogen-bond donors (Lipinski definition) is 1. The van der Waals surface area contributed by atoms with Gasteiger partial charge in [0.15, 0.2) is 11.5 Å². The fourth-order valence-corrected chi connectivity index (χ4v) is 3.81. The number of nitrogens with zero attached hydrogens (tertiary/aromatic N) is 5. The maximum absolute atomic E-state index is 13.6. The molecule has 1 fully saturated rings. The van der Waals surface area contributed by atoms with Gasteiger partial charge in [-0.2, -0.15) is 0 Å². The van der Waals surface area contributed by atoms with E-state index in [0.29, 0.717) is 22.6 Å². The van der Waals surface area contributed by atoms with E-state index >= 15 is 0 Å². The fraction of sp³-hybridized carbons (Fsp3) is 0.261. The SMILES string of the molecule is CN1C(=O)C(c2cc(OC3CC3)cc(-c3cnccn3)c2)(c2ccnc(CF)c2)N=C1N. The highest BCUT2D eigenvalue weighted by Crippen LogP contribution is 2.42. The number of likely N-dealkylation sites (N-methyl/N-ethyl adjacent to an activating group) is 1. The number of halogens is 1. The summed E-state index contributed by atoms with van der Waals surface area (Å²) in [6.45, 7) is -0.761. The number of nitrogens with two attached hydrogens (primary N) is 1. The lowest BCUT2D eigenvalue weighted by Crippen LogP contribution is -2.41. The molecule has 1 saturated carbocycles. The first-order valence-corrected chi connectivity index (χ1v) is 10.2. The van der Waals surface area contributed by atoms with Crippen molar-refractivity contribution >= 4 is 11.9 Å². The van der Waals surface area contributed by atoms with Gasteiger partial charge in [0.05, 0.1) is 23.7 Å². The molecule has 2 aromatic heterocycles. The number of ether oxygens (including phenoxy) is 1. The van der Waals surface area contributed by atoms with Crippen molar-refractivity contribution in [1.82, 2.24) is 19.9 Å². The van der Waals surface area contributed by atoms with E-state index in [2.05, 4.69) is 19.9 Å². The third kappa shape index (κ3) is 3.35. The minimum atomic E-state index is -1.49. The molecule has 1 amide bonds. The number of alkyl halides is 1. The lowest BCUT2D eigenvalue weighted by atomic mass is 9.82. The highest BCUT2D eigenvalue weighted by Gasteiger charge is 2.50. The van der Waals surface area contributed by atoms with E-state index in [1.54, 1.807) is 43.8 Å². The van der Waals surface area contributed by atoms with Crippen molar-refractivity contribution in [2.24, 2.45) is 10.7 Å². The Morgan fingerprint density at radius 2 is 2.00 bits per heavy atom. The molecule has 0 spiro atoms. The number of benzene rings is 1. The molecule has 2 N–H and O–H groups in total. The lowest BCUT2D eigenvalue weighted by Gasteiger charge is -2.27. The molecule has 0 saturated heterocycles. The number of rotatable bonds is 6. The summed E-state index contributed by atoms with van der Waals surface area (Å²) in [7, 11) is 1.56. The molecular formula is C23H21FN6O2. The van der Waals surface area contributed by atoms with Crippen LogP contribution in [0.1, 0.15) is 29.7 Å². The number of hydrogen-bond acceptors (Lipinski definition) is 7. The Bertz CT molecular complexity index is 1210. The minimum Gasteiger partial charge on any atom is -0.490 e. The maximum atomic E-state index is 13.6. The van der Waals surface area contributed by atoms with Gasteiger partial charge in [0.1, 0.15) is 12.4 Å². The number of pyridine rings is 1. The first-order chi connectivity index (χ1) is 15.5. The van der Waals surface area contributed by atoms with Crippen molar-refractivity contribution in [2.45, 2.75) is 31.2 Å². The number of carbonyl (C=O) groups excluding carboxylic acids is 1. The molecule has 0 radical (unpaired) electrons. The molecule has 5 rings (SSSR count). The van der Waals surface area contributed by atoms with Gasteiger partial charge in [-0.05, 0) is 54.3 Å². The number of guanidine groups is 1. The predicted octanol–water partition coefficient (Wildman–Crippen LogP) is 2.58. The summed E-state index contributed by atoms with van der Waals surface area (Å²) >= 11 is 0. The Balaban J connectivity index is 1.75. The van der Waals surface area contributed by atoms with Gasteiger partial charge in [-0.3, -0.25) is 24.6 Å². The fourth-order valence-electron chi connectivity index (χ4n) is 3.81. The van der Waals surface area contributed by atoms with Gasteiger partial charge in [-0.15, -0.1) is 0 Å². The first-order valence-electron chi connectivity index (χ1n) is 10.2. The average molecular weight is 432 g/mol. The zero-order chi connectivity index (χ0) is 22.3. The lowest BCUT2D eigenvalue weighted by molar-refractivity contribution is -0.129. The van der Waals surface area contributed by atoms with E-state index in [1.165, 1.54) is 11.1 Å². The topological polar surface area (TPSA) is 107 Å². The quantitative estimate of drug-likeness (QED) is 0.642. The normalized spacial score (nSPS) is 20.4. The Labute approximate surface area is 184 Å². The summed E-state index contributed by atoms with van der Waals surface area (Å²) in [5.74, 6) is 0.323. The monoisotopic (exact) mass is 432 g/mol. The Morgan fingerprint density at radius 1 is 1.16 bits per heavy atom.